The van der Waals surface area contributed by atoms with Crippen molar-refractivity contribution in [1.29, 1.82) is 5.26 Å². The van der Waals surface area contributed by atoms with E-state index in [4.69, 9.17) is 0 Å². The maximum atomic E-state index is 9.71. The summed E-state index contributed by atoms with van der Waals surface area (Å²) in [6.07, 6.45) is 7.16. The van der Waals surface area contributed by atoms with E-state index in [-0.39, 0.29) is 10.8 Å². The number of hydrogen-bond donors (Lipinski definition) is 0. The molecule has 0 N–H and O–H groups in total. The summed E-state index contributed by atoms with van der Waals surface area (Å²) >= 11 is 0. The summed E-state index contributed by atoms with van der Waals surface area (Å²) in [5, 5.41) is 19.7. The fraction of sp³-hybridized carbons (Fsp3) is 0.353. The van der Waals surface area contributed by atoms with E-state index in [2.05, 4.69) is 34.5 Å². The molecule has 0 saturated heterocycles. The minimum Gasteiger partial charge on any atom is -0.274 e. The van der Waals surface area contributed by atoms with Crippen LogP contribution in [0.2, 0.25) is 0 Å². The first-order valence-electron chi connectivity index (χ1n) is 7.57. The average Bonchev–Trinajstić information content (AvgIpc) is 3.32. The molecule has 108 valence electrons. The van der Waals surface area contributed by atoms with Crippen molar-refractivity contribution < 1.29 is 0 Å². The van der Waals surface area contributed by atoms with E-state index in [0.29, 0.717) is 0 Å². The molecule has 0 unspecified atom stereocenters. The molecule has 2 fully saturated rings. The molecule has 5 heteroatoms. The van der Waals surface area contributed by atoms with E-state index in [1.807, 2.05) is 30.2 Å². The van der Waals surface area contributed by atoms with Crippen molar-refractivity contribution in [2.24, 2.45) is 12.5 Å². The van der Waals surface area contributed by atoms with Gasteiger partial charge in [0.1, 0.15) is 0 Å². The Balaban J connectivity index is 1.69. The van der Waals surface area contributed by atoms with Crippen LogP contribution in [0.3, 0.4) is 0 Å². The Morgan fingerprint density at radius 3 is 2.77 bits per heavy atom. The van der Waals surface area contributed by atoms with E-state index in [1.54, 1.807) is 4.68 Å². The molecule has 2 heterocycles. The summed E-state index contributed by atoms with van der Waals surface area (Å²) < 4.78 is 3.62. The van der Waals surface area contributed by atoms with Crippen molar-refractivity contribution >= 4 is 10.9 Å². The summed E-state index contributed by atoms with van der Waals surface area (Å²) in [6.45, 7) is 0. The Hall–Kier alpha value is -2.61. The molecule has 2 aliphatic rings. The van der Waals surface area contributed by atoms with Crippen LogP contribution in [0.4, 0.5) is 0 Å². The van der Waals surface area contributed by atoms with Crippen molar-refractivity contribution in [2.75, 3.05) is 0 Å². The summed E-state index contributed by atoms with van der Waals surface area (Å²) in [7, 11) is 1.90. The zero-order valence-electron chi connectivity index (χ0n) is 12.3. The van der Waals surface area contributed by atoms with E-state index in [1.165, 1.54) is 12.8 Å². The lowest BCUT2D eigenvalue weighted by Gasteiger charge is -2.09. The van der Waals surface area contributed by atoms with E-state index in [9.17, 15) is 5.26 Å². The first kappa shape index (κ1) is 12.0. The van der Waals surface area contributed by atoms with Gasteiger partial charge in [0, 0.05) is 24.7 Å². The van der Waals surface area contributed by atoms with Crippen LogP contribution in [0.15, 0.2) is 36.7 Å². The van der Waals surface area contributed by atoms with Gasteiger partial charge < -0.3 is 0 Å². The summed E-state index contributed by atoms with van der Waals surface area (Å²) in [5.74, 6) is 0.803. The van der Waals surface area contributed by atoms with Crippen LogP contribution in [-0.4, -0.2) is 19.6 Å². The molecule has 2 aliphatic carbocycles. The highest BCUT2D eigenvalue weighted by Gasteiger charge is 2.75. The predicted molar refractivity (Wildman–Crippen MR) is 81.4 cm³/mol. The van der Waals surface area contributed by atoms with Crippen LogP contribution in [0.1, 0.15) is 24.8 Å². The molecule has 0 amide bonds. The highest BCUT2D eigenvalue weighted by atomic mass is 15.4. The molecule has 2 saturated carbocycles. The second kappa shape index (κ2) is 3.58. The minimum absolute atomic E-state index is 0.263. The number of aryl methyl sites for hydroxylation is 1. The van der Waals surface area contributed by atoms with E-state index >= 15 is 0 Å². The lowest BCUT2D eigenvalue weighted by Crippen LogP contribution is -2.08. The lowest BCUT2D eigenvalue weighted by molar-refractivity contribution is 0.733. The van der Waals surface area contributed by atoms with Crippen LogP contribution < -0.4 is 0 Å². The predicted octanol–water partition coefficient (Wildman–Crippen LogP) is 2.70. The van der Waals surface area contributed by atoms with Crippen LogP contribution in [-0.2, 0) is 12.5 Å². The zero-order chi connectivity index (χ0) is 14.9. The van der Waals surface area contributed by atoms with E-state index < -0.39 is 0 Å². The van der Waals surface area contributed by atoms with Crippen molar-refractivity contribution in [3.8, 4) is 11.9 Å². The molecule has 1 spiro atoms. The summed E-state index contributed by atoms with van der Waals surface area (Å²) in [4.78, 5) is 0. The van der Waals surface area contributed by atoms with Crippen molar-refractivity contribution in [1.82, 2.24) is 19.6 Å². The fourth-order valence-electron chi connectivity index (χ4n) is 3.83. The molecule has 5 rings (SSSR count). The van der Waals surface area contributed by atoms with Gasteiger partial charge in [-0.3, -0.25) is 4.68 Å². The molecule has 1 atom stereocenters. The maximum Gasteiger partial charge on any atom is 0.175 e. The number of aromatic nitrogens is 4. The van der Waals surface area contributed by atoms with Crippen molar-refractivity contribution in [2.45, 2.75) is 24.7 Å². The van der Waals surface area contributed by atoms with Crippen molar-refractivity contribution in [3.05, 3.63) is 42.2 Å². The van der Waals surface area contributed by atoms with Gasteiger partial charge in [-0.1, -0.05) is 12.1 Å². The normalized spacial score (nSPS) is 24.5. The molecule has 3 aromatic rings. The fourth-order valence-corrected chi connectivity index (χ4v) is 3.83. The molecule has 1 aromatic carbocycles. The maximum absolute atomic E-state index is 9.71. The second-order valence-electron chi connectivity index (χ2n) is 6.65. The molecular formula is C17H15N5. The van der Waals surface area contributed by atoms with Gasteiger partial charge in [0.15, 0.2) is 5.82 Å². The molecule has 2 aromatic heterocycles. The number of rotatable bonds is 2. The molecule has 22 heavy (non-hydrogen) atoms. The number of hydrogen-bond acceptors (Lipinski definition) is 3. The number of benzene rings is 1. The smallest absolute Gasteiger partial charge is 0.175 e. The SMILES string of the molecule is Cn1ccc(-n2ncc3ccc([C@]4(C#N)CC45CC5)cc32)n1. The Bertz CT molecular complexity index is 953. The van der Waals surface area contributed by atoms with Crippen molar-refractivity contribution in [3.63, 3.8) is 0 Å². The molecular weight excluding hydrogens is 274 g/mol. The van der Waals surface area contributed by atoms with Gasteiger partial charge in [0.05, 0.1) is 23.2 Å². The van der Waals surface area contributed by atoms with Gasteiger partial charge >= 0.3 is 0 Å². The van der Waals surface area contributed by atoms with Crippen LogP contribution in [0.5, 0.6) is 0 Å². The molecule has 5 nitrogen and oxygen atoms in total. The third-order valence-corrected chi connectivity index (χ3v) is 5.41. The zero-order valence-corrected chi connectivity index (χ0v) is 12.3. The topological polar surface area (TPSA) is 59.4 Å². The second-order valence-corrected chi connectivity index (χ2v) is 6.65. The number of fused-ring (bicyclic) bond motifs is 1. The average molecular weight is 289 g/mol. The molecule has 0 bridgehead atoms. The Labute approximate surface area is 127 Å². The molecule has 0 radical (unpaired) electrons. The Kier molecular flexibility index (Phi) is 1.95. The van der Waals surface area contributed by atoms with Gasteiger partial charge in [0.25, 0.3) is 0 Å². The third kappa shape index (κ3) is 1.32. The highest BCUT2D eigenvalue weighted by Crippen LogP contribution is 2.78. The first-order valence-corrected chi connectivity index (χ1v) is 7.57. The summed E-state index contributed by atoms with van der Waals surface area (Å²) in [5.41, 5.74) is 2.18. The minimum atomic E-state index is -0.263. The Morgan fingerprint density at radius 2 is 2.14 bits per heavy atom. The number of nitrogens with zero attached hydrogens (tertiary/aromatic N) is 5. The summed E-state index contributed by atoms with van der Waals surface area (Å²) in [6, 6.07) is 10.8. The van der Waals surface area contributed by atoms with Gasteiger partial charge in [0.2, 0.25) is 0 Å². The quantitative estimate of drug-likeness (QED) is 0.728. The van der Waals surface area contributed by atoms with Crippen LogP contribution >= 0.6 is 0 Å². The molecule has 0 aliphatic heterocycles. The van der Waals surface area contributed by atoms with Gasteiger partial charge in [-0.15, -0.1) is 0 Å². The standard InChI is InChI=1S/C17H15N5/c1-21-7-4-15(20-21)22-14-8-13(3-2-12(14)9-19-22)17(11-18)10-16(17)5-6-16/h2-4,7-9H,5-6,10H2,1H3/t17-/m1/s1. The number of nitriles is 1. The largest absolute Gasteiger partial charge is 0.274 e. The van der Waals surface area contributed by atoms with Crippen LogP contribution in [0.25, 0.3) is 16.7 Å². The lowest BCUT2D eigenvalue weighted by atomic mass is 9.93. The van der Waals surface area contributed by atoms with Gasteiger partial charge in [-0.05, 0) is 36.3 Å². The van der Waals surface area contributed by atoms with Gasteiger partial charge in [-0.2, -0.15) is 15.5 Å². The first-order chi connectivity index (χ1) is 10.7. The van der Waals surface area contributed by atoms with E-state index in [0.717, 1.165) is 28.7 Å². The Morgan fingerprint density at radius 1 is 1.27 bits per heavy atom. The van der Waals surface area contributed by atoms with Crippen LogP contribution in [0, 0.1) is 16.7 Å². The highest BCUT2D eigenvalue weighted by molar-refractivity contribution is 5.81. The third-order valence-electron chi connectivity index (χ3n) is 5.41. The monoisotopic (exact) mass is 289 g/mol. The van der Waals surface area contributed by atoms with Gasteiger partial charge in [-0.25, -0.2) is 4.68 Å².